The summed E-state index contributed by atoms with van der Waals surface area (Å²) in [6, 6.07) is 21.7. The number of nitrogens with one attached hydrogen (secondary N) is 1. The minimum Gasteiger partial charge on any atom is -0.489 e. The van der Waals surface area contributed by atoms with E-state index in [1.807, 2.05) is 6.07 Å². The number of amides is 3. The number of carbonyl (C=O) groups is 3. The number of hydrogen-bond donors (Lipinski definition) is 1. The molecule has 0 saturated heterocycles. The molecule has 0 aliphatic carbocycles. The zero-order chi connectivity index (χ0) is 24.2. The predicted molar refractivity (Wildman–Crippen MR) is 126 cm³/mol. The van der Waals surface area contributed by atoms with Crippen molar-refractivity contribution >= 4 is 23.4 Å². The summed E-state index contributed by atoms with van der Waals surface area (Å²) in [5.74, 6) is -1.16. The van der Waals surface area contributed by atoms with Crippen molar-refractivity contribution < 1.29 is 19.1 Å². The largest absolute Gasteiger partial charge is 0.489 e. The molecule has 1 atom stereocenters. The Kier molecular flexibility index (Phi) is 6.42. The quantitative estimate of drug-likeness (QED) is 0.535. The molecular weight excluding hydrogens is 430 g/mol. The molecule has 0 aromatic heterocycles. The molecular formula is C27H23N3O4. The molecule has 0 saturated carbocycles. The summed E-state index contributed by atoms with van der Waals surface area (Å²) >= 11 is 0. The van der Waals surface area contributed by atoms with E-state index in [0.29, 0.717) is 28.1 Å². The normalized spacial score (nSPS) is 13.4. The van der Waals surface area contributed by atoms with Gasteiger partial charge in [0, 0.05) is 11.8 Å². The highest BCUT2D eigenvalue weighted by molar-refractivity contribution is 6.23. The Bertz CT molecular complexity index is 1270. The third-order valence-corrected chi connectivity index (χ3v) is 5.57. The van der Waals surface area contributed by atoms with Crippen LogP contribution < -0.4 is 10.1 Å². The van der Waals surface area contributed by atoms with Gasteiger partial charge in [0.2, 0.25) is 5.91 Å². The van der Waals surface area contributed by atoms with Crippen LogP contribution in [0.5, 0.6) is 5.75 Å². The monoisotopic (exact) mass is 453 g/mol. The highest BCUT2D eigenvalue weighted by atomic mass is 16.5. The minimum atomic E-state index is -0.967. The Morgan fingerprint density at radius 2 is 1.65 bits per heavy atom. The van der Waals surface area contributed by atoms with Gasteiger partial charge in [-0.2, -0.15) is 5.26 Å². The van der Waals surface area contributed by atoms with Crippen molar-refractivity contribution in [1.82, 2.24) is 4.90 Å². The second-order valence-corrected chi connectivity index (χ2v) is 8.33. The molecule has 3 aromatic carbocycles. The molecule has 170 valence electrons. The lowest BCUT2D eigenvalue weighted by Gasteiger charge is -2.28. The van der Waals surface area contributed by atoms with Crippen molar-refractivity contribution in [1.29, 1.82) is 5.26 Å². The van der Waals surface area contributed by atoms with Gasteiger partial charge in [-0.3, -0.25) is 19.3 Å². The van der Waals surface area contributed by atoms with Crippen LogP contribution in [0.1, 0.15) is 45.7 Å². The predicted octanol–water partition coefficient (Wildman–Crippen LogP) is 4.40. The lowest BCUT2D eigenvalue weighted by Crippen LogP contribution is -2.50. The van der Waals surface area contributed by atoms with Crippen molar-refractivity contribution in [3.05, 3.63) is 95.1 Å². The molecule has 0 spiro atoms. The van der Waals surface area contributed by atoms with Gasteiger partial charge in [-0.05, 0) is 47.9 Å². The van der Waals surface area contributed by atoms with Gasteiger partial charge in [0.1, 0.15) is 18.4 Å². The molecule has 1 aliphatic rings. The maximum absolute atomic E-state index is 13.2. The van der Waals surface area contributed by atoms with Crippen molar-refractivity contribution in [2.24, 2.45) is 5.92 Å². The van der Waals surface area contributed by atoms with E-state index >= 15 is 0 Å². The van der Waals surface area contributed by atoms with E-state index in [1.165, 1.54) is 0 Å². The molecule has 1 heterocycles. The molecule has 0 bridgehead atoms. The van der Waals surface area contributed by atoms with E-state index in [-0.39, 0.29) is 12.5 Å². The van der Waals surface area contributed by atoms with Gasteiger partial charge >= 0.3 is 0 Å². The average Bonchev–Trinajstić information content (AvgIpc) is 3.08. The van der Waals surface area contributed by atoms with Crippen molar-refractivity contribution in [2.75, 3.05) is 5.32 Å². The smallest absolute Gasteiger partial charge is 0.262 e. The zero-order valence-electron chi connectivity index (χ0n) is 18.8. The minimum absolute atomic E-state index is 0.260. The van der Waals surface area contributed by atoms with E-state index in [9.17, 15) is 14.4 Å². The van der Waals surface area contributed by atoms with Crippen LogP contribution in [-0.4, -0.2) is 28.7 Å². The second-order valence-electron chi connectivity index (χ2n) is 8.33. The van der Waals surface area contributed by atoms with E-state index in [2.05, 4.69) is 11.4 Å². The number of nitriles is 1. The standard InChI is InChI=1S/C27H23N3O4/c1-17(2)24(30-26(32)22-11-3-4-12-23(22)27(30)33)25(31)29-20-9-6-10-21(14-20)34-16-19-8-5-7-18(13-19)15-28/h3-14,17,24H,16H2,1-2H3,(H,29,31). The maximum atomic E-state index is 13.2. The fourth-order valence-corrected chi connectivity index (χ4v) is 3.96. The topological polar surface area (TPSA) is 99.5 Å². The lowest BCUT2D eigenvalue weighted by molar-refractivity contribution is -0.121. The molecule has 1 aliphatic heterocycles. The van der Waals surface area contributed by atoms with E-state index in [1.54, 1.807) is 80.6 Å². The van der Waals surface area contributed by atoms with Gasteiger partial charge < -0.3 is 10.1 Å². The van der Waals surface area contributed by atoms with Gasteiger partial charge in [0.05, 0.1) is 22.8 Å². The summed E-state index contributed by atoms with van der Waals surface area (Å²) in [7, 11) is 0. The highest BCUT2D eigenvalue weighted by Crippen LogP contribution is 2.28. The van der Waals surface area contributed by atoms with Crippen LogP contribution in [0.15, 0.2) is 72.8 Å². The molecule has 7 heteroatoms. The van der Waals surface area contributed by atoms with Crippen molar-refractivity contribution in [3.8, 4) is 11.8 Å². The molecule has 3 amide bonds. The van der Waals surface area contributed by atoms with E-state index < -0.39 is 23.8 Å². The van der Waals surface area contributed by atoms with E-state index in [4.69, 9.17) is 10.00 Å². The van der Waals surface area contributed by atoms with Gasteiger partial charge in [0.15, 0.2) is 0 Å². The number of hydrogen-bond acceptors (Lipinski definition) is 5. The summed E-state index contributed by atoms with van der Waals surface area (Å²) in [4.78, 5) is 40.1. The van der Waals surface area contributed by atoms with Gasteiger partial charge in [-0.15, -0.1) is 0 Å². The highest BCUT2D eigenvalue weighted by Gasteiger charge is 2.43. The molecule has 0 fully saturated rings. The Morgan fingerprint density at radius 1 is 0.971 bits per heavy atom. The summed E-state index contributed by atoms with van der Waals surface area (Å²) in [6.45, 7) is 3.85. The fraction of sp³-hybridized carbons (Fsp3) is 0.185. The van der Waals surface area contributed by atoms with Crippen LogP contribution in [0, 0.1) is 17.2 Å². The summed E-state index contributed by atoms with van der Waals surface area (Å²) in [5.41, 5.74) is 2.49. The van der Waals surface area contributed by atoms with Crippen LogP contribution in [-0.2, 0) is 11.4 Å². The van der Waals surface area contributed by atoms with Crippen LogP contribution in [0.4, 0.5) is 5.69 Å². The molecule has 1 unspecified atom stereocenters. The molecule has 0 radical (unpaired) electrons. The molecule has 34 heavy (non-hydrogen) atoms. The number of anilines is 1. The third-order valence-electron chi connectivity index (χ3n) is 5.57. The first-order valence-corrected chi connectivity index (χ1v) is 10.9. The second kappa shape index (κ2) is 9.59. The first-order chi connectivity index (χ1) is 16.4. The zero-order valence-corrected chi connectivity index (χ0v) is 18.8. The van der Waals surface area contributed by atoms with Crippen molar-refractivity contribution in [2.45, 2.75) is 26.5 Å². The van der Waals surface area contributed by atoms with Gasteiger partial charge in [-0.1, -0.05) is 44.2 Å². The first kappa shape index (κ1) is 22.7. The van der Waals surface area contributed by atoms with Crippen molar-refractivity contribution in [3.63, 3.8) is 0 Å². The number of nitrogens with zero attached hydrogens (tertiary/aromatic N) is 2. The average molecular weight is 453 g/mol. The first-order valence-electron chi connectivity index (χ1n) is 10.9. The summed E-state index contributed by atoms with van der Waals surface area (Å²) in [6.07, 6.45) is 0. The van der Waals surface area contributed by atoms with Crippen LogP contribution in [0.3, 0.4) is 0 Å². The Labute approximate surface area is 197 Å². The van der Waals surface area contributed by atoms with Crippen LogP contribution >= 0.6 is 0 Å². The number of ether oxygens (including phenoxy) is 1. The maximum Gasteiger partial charge on any atom is 0.262 e. The van der Waals surface area contributed by atoms with E-state index in [0.717, 1.165) is 10.5 Å². The summed E-state index contributed by atoms with van der Waals surface area (Å²) < 4.78 is 5.82. The van der Waals surface area contributed by atoms with Gasteiger partial charge in [0.25, 0.3) is 11.8 Å². The molecule has 3 aromatic rings. The number of benzene rings is 3. The Hall–Kier alpha value is -4.44. The van der Waals surface area contributed by atoms with Crippen LogP contribution in [0.25, 0.3) is 0 Å². The number of rotatable bonds is 7. The Balaban J connectivity index is 1.48. The van der Waals surface area contributed by atoms with Crippen LogP contribution in [0.2, 0.25) is 0 Å². The number of imide groups is 1. The Morgan fingerprint density at radius 3 is 2.29 bits per heavy atom. The molecule has 1 N–H and O–H groups in total. The van der Waals surface area contributed by atoms with Gasteiger partial charge in [-0.25, -0.2) is 0 Å². The SMILES string of the molecule is CC(C)C(C(=O)Nc1cccc(OCc2cccc(C#N)c2)c1)N1C(=O)c2ccccc2C1=O. The fourth-order valence-electron chi connectivity index (χ4n) is 3.96. The molecule has 7 nitrogen and oxygen atoms in total. The molecule has 4 rings (SSSR count). The lowest BCUT2D eigenvalue weighted by atomic mass is 10.0. The third kappa shape index (κ3) is 4.52. The number of fused-ring (bicyclic) bond motifs is 1. The summed E-state index contributed by atoms with van der Waals surface area (Å²) in [5, 5.41) is 11.9. The number of carbonyl (C=O) groups excluding carboxylic acids is 3.